The van der Waals surface area contributed by atoms with Gasteiger partial charge in [0.1, 0.15) is 0 Å². The van der Waals surface area contributed by atoms with Crippen LogP contribution in [0.5, 0.6) is 0 Å². The summed E-state index contributed by atoms with van der Waals surface area (Å²) in [6.07, 6.45) is 0. The lowest BCUT2D eigenvalue weighted by molar-refractivity contribution is 0.0601. The second kappa shape index (κ2) is 10.8. The average Bonchev–Trinajstić information content (AvgIpc) is 2.85. The Bertz CT molecular complexity index is 1390. The number of amides is 2. The molecule has 3 aromatic rings. The smallest absolute Gasteiger partial charge is 0.339 e. The highest BCUT2D eigenvalue weighted by Gasteiger charge is 2.19. The van der Waals surface area contributed by atoms with Crippen LogP contribution in [-0.4, -0.2) is 39.9 Å². The van der Waals surface area contributed by atoms with Gasteiger partial charge in [0.2, 0.25) is 0 Å². The topological polar surface area (TPSA) is 131 Å². The van der Waals surface area contributed by atoms with Crippen LogP contribution in [0.3, 0.4) is 0 Å². The van der Waals surface area contributed by atoms with Gasteiger partial charge in [-0.3, -0.25) is 14.3 Å². The Morgan fingerprint density at radius 2 is 1.57 bits per heavy atom. The van der Waals surface area contributed by atoms with Gasteiger partial charge >= 0.3 is 5.97 Å². The van der Waals surface area contributed by atoms with Gasteiger partial charge in [-0.25, -0.2) is 13.2 Å². The molecule has 35 heavy (non-hydrogen) atoms. The summed E-state index contributed by atoms with van der Waals surface area (Å²) in [5.41, 5.74) is 1.76. The Labute approximate surface area is 203 Å². The molecule has 0 heterocycles. The lowest BCUT2D eigenvalue weighted by Gasteiger charge is -2.13. The zero-order valence-corrected chi connectivity index (χ0v) is 20.2. The van der Waals surface area contributed by atoms with E-state index in [1.54, 1.807) is 38.1 Å². The number of anilines is 2. The minimum absolute atomic E-state index is 0.0795. The summed E-state index contributed by atoms with van der Waals surface area (Å²) in [5.74, 6) is -1.46. The molecule has 0 fully saturated rings. The monoisotopic (exact) mass is 495 g/mol. The van der Waals surface area contributed by atoms with Crippen molar-refractivity contribution in [3.05, 3.63) is 89.0 Å². The molecule has 2 amide bonds. The molecular formula is C25H25N3O6S. The standard InChI is InChI=1S/C25H25N3O6S/c1-4-26-23(29)18-12-13-21(16(2)14-18)28-35(32,33)19-9-7-8-17(15-19)24(30)27-22-11-6-5-10-20(22)25(31)34-3/h5-15,28H,4H2,1-3H3,(H,26,29)(H,27,30). The molecule has 10 heteroatoms. The number of hydrogen-bond acceptors (Lipinski definition) is 6. The van der Waals surface area contributed by atoms with Crippen molar-refractivity contribution >= 4 is 39.2 Å². The Kier molecular flexibility index (Phi) is 7.87. The number of carbonyl (C=O) groups is 3. The molecule has 3 N–H and O–H groups in total. The Morgan fingerprint density at radius 1 is 0.857 bits per heavy atom. The summed E-state index contributed by atoms with van der Waals surface area (Å²) < 4.78 is 33.2. The van der Waals surface area contributed by atoms with E-state index in [9.17, 15) is 22.8 Å². The molecule has 0 unspecified atom stereocenters. The molecule has 3 rings (SSSR count). The van der Waals surface area contributed by atoms with Gasteiger partial charge in [-0.1, -0.05) is 18.2 Å². The van der Waals surface area contributed by atoms with Crippen LogP contribution in [0.4, 0.5) is 11.4 Å². The summed E-state index contributed by atoms with van der Waals surface area (Å²) in [6, 6.07) is 16.4. The molecule has 0 saturated carbocycles. The molecule has 182 valence electrons. The predicted octanol–water partition coefficient (Wildman–Crippen LogP) is 3.58. The van der Waals surface area contributed by atoms with E-state index in [0.717, 1.165) is 0 Å². The van der Waals surface area contributed by atoms with Crippen LogP contribution in [0.2, 0.25) is 0 Å². The van der Waals surface area contributed by atoms with Crippen LogP contribution in [0.1, 0.15) is 43.6 Å². The predicted molar refractivity (Wildman–Crippen MR) is 132 cm³/mol. The molecule has 0 bridgehead atoms. The van der Waals surface area contributed by atoms with Crippen molar-refractivity contribution in [1.82, 2.24) is 5.32 Å². The third kappa shape index (κ3) is 6.04. The van der Waals surface area contributed by atoms with Crippen LogP contribution in [0, 0.1) is 6.92 Å². The number of hydrogen-bond donors (Lipinski definition) is 3. The number of ether oxygens (including phenoxy) is 1. The number of methoxy groups -OCH3 is 1. The highest BCUT2D eigenvalue weighted by molar-refractivity contribution is 7.92. The summed E-state index contributed by atoms with van der Waals surface area (Å²) in [7, 11) is -2.80. The molecule has 0 aliphatic rings. The fourth-order valence-corrected chi connectivity index (χ4v) is 4.44. The van der Waals surface area contributed by atoms with E-state index in [2.05, 4.69) is 15.4 Å². The van der Waals surface area contributed by atoms with Gasteiger partial charge in [0, 0.05) is 17.7 Å². The first-order valence-electron chi connectivity index (χ1n) is 10.7. The average molecular weight is 496 g/mol. The van der Waals surface area contributed by atoms with Gasteiger partial charge in [-0.2, -0.15) is 0 Å². The lowest BCUT2D eigenvalue weighted by Crippen LogP contribution is -2.23. The van der Waals surface area contributed by atoms with Gasteiger partial charge in [0.25, 0.3) is 21.8 Å². The number of sulfonamides is 1. The zero-order valence-electron chi connectivity index (χ0n) is 19.4. The third-order valence-electron chi connectivity index (χ3n) is 5.06. The van der Waals surface area contributed by atoms with Crippen LogP contribution in [0.15, 0.2) is 71.6 Å². The summed E-state index contributed by atoms with van der Waals surface area (Å²) in [4.78, 5) is 36.6. The van der Waals surface area contributed by atoms with Crippen LogP contribution in [0.25, 0.3) is 0 Å². The van der Waals surface area contributed by atoms with Crippen molar-refractivity contribution in [2.24, 2.45) is 0 Å². The number of nitrogens with one attached hydrogen (secondary N) is 3. The van der Waals surface area contributed by atoms with E-state index in [-0.39, 0.29) is 27.6 Å². The minimum atomic E-state index is -4.04. The number of para-hydroxylation sites is 1. The number of esters is 1. The first-order valence-corrected chi connectivity index (χ1v) is 12.1. The molecule has 0 spiro atoms. The molecule has 0 saturated heterocycles. The molecule has 0 aromatic heterocycles. The number of aryl methyl sites for hydroxylation is 1. The maximum absolute atomic E-state index is 13.0. The Balaban J connectivity index is 1.82. The van der Waals surface area contributed by atoms with E-state index >= 15 is 0 Å². The fraction of sp³-hybridized carbons (Fsp3) is 0.160. The zero-order chi connectivity index (χ0) is 25.6. The molecule has 0 radical (unpaired) electrons. The SMILES string of the molecule is CCNC(=O)c1ccc(NS(=O)(=O)c2cccc(C(=O)Nc3ccccc3C(=O)OC)c2)c(C)c1. The summed E-state index contributed by atoms with van der Waals surface area (Å²) >= 11 is 0. The van der Waals surface area contributed by atoms with E-state index in [1.165, 1.54) is 49.6 Å². The summed E-state index contributed by atoms with van der Waals surface area (Å²) in [5, 5.41) is 5.30. The van der Waals surface area contributed by atoms with Gasteiger partial charge in [-0.15, -0.1) is 0 Å². The van der Waals surface area contributed by atoms with E-state index in [4.69, 9.17) is 4.74 Å². The van der Waals surface area contributed by atoms with Crippen molar-refractivity contribution in [3.63, 3.8) is 0 Å². The first kappa shape index (κ1) is 25.4. The normalized spacial score (nSPS) is 10.8. The number of carbonyl (C=O) groups excluding carboxylic acids is 3. The van der Waals surface area contributed by atoms with E-state index in [1.807, 2.05) is 0 Å². The second-order valence-corrected chi connectivity index (χ2v) is 9.20. The molecule has 0 atom stereocenters. The van der Waals surface area contributed by atoms with Crippen molar-refractivity contribution < 1.29 is 27.5 Å². The largest absolute Gasteiger partial charge is 0.465 e. The van der Waals surface area contributed by atoms with E-state index < -0.39 is 21.9 Å². The highest BCUT2D eigenvalue weighted by atomic mass is 32.2. The van der Waals surface area contributed by atoms with Gasteiger partial charge < -0.3 is 15.4 Å². The maximum atomic E-state index is 13.0. The van der Waals surface area contributed by atoms with Crippen LogP contribution < -0.4 is 15.4 Å². The summed E-state index contributed by atoms with van der Waals surface area (Å²) in [6.45, 7) is 3.97. The Hall–Kier alpha value is -4.18. The van der Waals surface area contributed by atoms with Crippen LogP contribution >= 0.6 is 0 Å². The number of rotatable bonds is 8. The van der Waals surface area contributed by atoms with Gasteiger partial charge in [-0.05, 0) is 67.9 Å². The van der Waals surface area contributed by atoms with E-state index in [0.29, 0.717) is 23.4 Å². The molecular weight excluding hydrogens is 470 g/mol. The van der Waals surface area contributed by atoms with Crippen molar-refractivity contribution in [1.29, 1.82) is 0 Å². The maximum Gasteiger partial charge on any atom is 0.339 e. The molecule has 3 aromatic carbocycles. The lowest BCUT2D eigenvalue weighted by atomic mass is 10.1. The third-order valence-corrected chi connectivity index (χ3v) is 6.42. The van der Waals surface area contributed by atoms with Crippen molar-refractivity contribution in [2.75, 3.05) is 23.7 Å². The first-order chi connectivity index (χ1) is 16.7. The second-order valence-electron chi connectivity index (χ2n) is 7.51. The van der Waals surface area contributed by atoms with Crippen LogP contribution in [-0.2, 0) is 14.8 Å². The number of benzene rings is 3. The van der Waals surface area contributed by atoms with Gasteiger partial charge in [0.05, 0.1) is 28.9 Å². The van der Waals surface area contributed by atoms with Crippen molar-refractivity contribution in [2.45, 2.75) is 18.7 Å². The molecule has 9 nitrogen and oxygen atoms in total. The molecule has 0 aliphatic carbocycles. The molecule has 0 aliphatic heterocycles. The van der Waals surface area contributed by atoms with Crippen molar-refractivity contribution in [3.8, 4) is 0 Å². The highest BCUT2D eigenvalue weighted by Crippen LogP contribution is 2.23. The quantitative estimate of drug-likeness (QED) is 0.410. The Morgan fingerprint density at radius 3 is 2.26 bits per heavy atom. The fourth-order valence-electron chi connectivity index (χ4n) is 3.26. The van der Waals surface area contributed by atoms with Gasteiger partial charge in [0.15, 0.2) is 0 Å². The minimum Gasteiger partial charge on any atom is -0.465 e.